The topological polar surface area (TPSA) is 303 Å². The van der Waals surface area contributed by atoms with Gasteiger partial charge < -0.3 is 62.0 Å². The molecule has 9 rings (SSSR count). The van der Waals surface area contributed by atoms with Crippen molar-refractivity contribution in [3.63, 3.8) is 0 Å². The number of aromatic nitrogens is 2. The number of aromatic amines is 2. The van der Waals surface area contributed by atoms with Crippen LogP contribution in [0, 0.1) is 6.92 Å². The molecule has 2 saturated heterocycles. The molecule has 0 radical (unpaired) electrons. The summed E-state index contributed by atoms with van der Waals surface area (Å²) in [4.78, 5) is 119. The Hall–Kier alpha value is -9.20. The first-order valence-electron chi connectivity index (χ1n) is 25.0. The standard InChI is InChI=1S/C56H58N10O10/c1-30-22-50(69)76-48-26-35(16-19-37(30)48)61-52(71)44(24-33-28-58-40-10-5-3-8-38(33)40)62-54(73)45(25-34-29-59-41-11-6-4-9-39(34)41)63-53(72)43(23-32-14-17-36(67)18-15-32)64-55(74)47-12-7-21-66(47)56(75)46(27-49(57)68)65-51(70)42-20-13-31(2)60-42/h3-6,8-11,14-19,22,26,28-29,42-47,58-60,67H,2,7,12-13,20-21,23-25,27H2,1H3,(H2,57,68)(H,61,71)(H,62,73)(H,63,72)(H,64,74)(H,65,70). The van der Waals surface area contributed by atoms with E-state index in [0.29, 0.717) is 58.3 Å². The molecule has 0 aliphatic carbocycles. The first kappa shape index (κ1) is 51.7. The van der Waals surface area contributed by atoms with Crippen LogP contribution in [0.4, 0.5) is 5.69 Å². The van der Waals surface area contributed by atoms with Crippen molar-refractivity contribution in [2.75, 3.05) is 11.9 Å². The number of aromatic hydroxyl groups is 1. The Bertz CT molecular complexity index is 3450. The van der Waals surface area contributed by atoms with Crippen LogP contribution in [0.2, 0.25) is 0 Å². The predicted molar refractivity (Wildman–Crippen MR) is 283 cm³/mol. The van der Waals surface area contributed by atoms with Gasteiger partial charge in [0.15, 0.2) is 0 Å². The predicted octanol–water partition coefficient (Wildman–Crippen LogP) is 3.51. The Morgan fingerprint density at radius 3 is 1.95 bits per heavy atom. The molecule has 3 aromatic heterocycles. The molecule has 7 amide bonds. The lowest BCUT2D eigenvalue weighted by Gasteiger charge is -2.30. The number of likely N-dealkylation sites (tertiary alicyclic amines) is 1. The number of phenolic OH excluding ortho intramolecular Hbond substituents is 1. The molecule has 11 N–H and O–H groups in total. The van der Waals surface area contributed by atoms with E-state index in [2.05, 4.69) is 48.4 Å². The summed E-state index contributed by atoms with van der Waals surface area (Å²) in [5.41, 5.74) is 10.4. The van der Waals surface area contributed by atoms with E-state index in [-0.39, 0.29) is 43.6 Å². The van der Waals surface area contributed by atoms with Crippen molar-refractivity contribution < 1.29 is 43.1 Å². The van der Waals surface area contributed by atoms with Crippen molar-refractivity contribution in [2.24, 2.45) is 5.73 Å². The number of fused-ring (bicyclic) bond motifs is 3. The lowest BCUT2D eigenvalue weighted by atomic mass is 10.00. The first-order chi connectivity index (χ1) is 36.6. The molecule has 392 valence electrons. The highest BCUT2D eigenvalue weighted by Gasteiger charge is 2.41. The summed E-state index contributed by atoms with van der Waals surface area (Å²) < 4.78 is 5.44. The third-order valence-electron chi connectivity index (χ3n) is 14.0. The molecule has 2 aliphatic heterocycles. The minimum absolute atomic E-state index is 0.00442. The van der Waals surface area contributed by atoms with Crippen LogP contribution in [-0.2, 0) is 52.8 Å². The summed E-state index contributed by atoms with van der Waals surface area (Å²) in [6.07, 6.45) is 4.31. The average Bonchev–Trinajstić information content (AvgIpc) is 4.23. The van der Waals surface area contributed by atoms with Gasteiger partial charge in [-0.05, 0) is 91.3 Å². The van der Waals surface area contributed by atoms with Gasteiger partial charge in [0.1, 0.15) is 47.6 Å². The zero-order chi connectivity index (χ0) is 53.6. The van der Waals surface area contributed by atoms with E-state index in [4.69, 9.17) is 10.2 Å². The summed E-state index contributed by atoms with van der Waals surface area (Å²) in [5.74, 6) is -4.96. The number of anilines is 1. The molecule has 6 unspecified atom stereocenters. The molecule has 6 atom stereocenters. The van der Waals surface area contributed by atoms with Gasteiger partial charge in [-0.3, -0.25) is 33.6 Å². The number of hydrogen-bond donors (Lipinski definition) is 10. The smallest absolute Gasteiger partial charge is 0.336 e. The number of hydrogen-bond acceptors (Lipinski definition) is 11. The number of primary amides is 1. The Morgan fingerprint density at radius 1 is 0.724 bits per heavy atom. The third kappa shape index (κ3) is 11.9. The van der Waals surface area contributed by atoms with Crippen molar-refractivity contribution in [1.29, 1.82) is 0 Å². The van der Waals surface area contributed by atoms with Gasteiger partial charge in [0.2, 0.25) is 41.4 Å². The van der Waals surface area contributed by atoms with Crippen LogP contribution in [-0.4, -0.2) is 104 Å². The van der Waals surface area contributed by atoms with Crippen molar-refractivity contribution in [3.05, 3.63) is 154 Å². The first-order valence-corrected chi connectivity index (χ1v) is 25.0. The number of benzene rings is 4. The Balaban J connectivity index is 1.00. The monoisotopic (exact) mass is 1030 g/mol. The minimum Gasteiger partial charge on any atom is -0.508 e. The normalized spacial score (nSPS) is 16.9. The number of rotatable bonds is 19. The van der Waals surface area contributed by atoms with Crippen LogP contribution in [0.1, 0.15) is 54.4 Å². The average molecular weight is 1030 g/mol. The van der Waals surface area contributed by atoms with Crippen LogP contribution < -0.4 is 43.3 Å². The van der Waals surface area contributed by atoms with Gasteiger partial charge in [-0.25, -0.2) is 4.79 Å². The summed E-state index contributed by atoms with van der Waals surface area (Å²) in [6.45, 7) is 5.73. The SMILES string of the molecule is C=C1CCC(C(=O)NC(CC(N)=O)C(=O)N2CCCC2C(=O)NC(Cc2ccc(O)cc2)C(=O)NC(Cc2c[nH]c3ccccc23)C(=O)NC(Cc2c[nH]c3ccccc23)C(=O)Nc2ccc3c(C)cc(=O)oc3c2)N1. The molecule has 0 spiro atoms. The van der Waals surface area contributed by atoms with Gasteiger partial charge in [-0.1, -0.05) is 55.1 Å². The van der Waals surface area contributed by atoms with Gasteiger partial charge in [-0.2, -0.15) is 0 Å². The lowest BCUT2D eigenvalue weighted by Crippen LogP contribution is -2.60. The fourth-order valence-electron chi connectivity index (χ4n) is 10.1. The number of para-hydroxylation sites is 2. The molecular weight excluding hydrogens is 973 g/mol. The van der Waals surface area contributed by atoms with Crippen molar-refractivity contribution >= 4 is 79.8 Å². The Kier molecular flexibility index (Phi) is 15.3. The summed E-state index contributed by atoms with van der Waals surface area (Å²) in [7, 11) is 0. The molecule has 2 fully saturated rings. The van der Waals surface area contributed by atoms with Crippen molar-refractivity contribution in [1.82, 2.24) is 41.5 Å². The molecule has 0 bridgehead atoms. The molecule has 20 heteroatoms. The minimum atomic E-state index is -1.38. The number of allylic oxidation sites excluding steroid dienone is 1. The maximum absolute atomic E-state index is 15.0. The van der Waals surface area contributed by atoms with E-state index in [1.54, 1.807) is 43.6 Å². The van der Waals surface area contributed by atoms with Crippen LogP contribution >= 0.6 is 0 Å². The summed E-state index contributed by atoms with van der Waals surface area (Å²) >= 11 is 0. The number of amides is 7. The molecule has 2 aliphatic rings. The third-order valence-corrected chi connectivity index (χ3v) is 14.0. The van der Waals surface area contributed by atoms with E-state index >= 15 is 4.79 Å². The van der Waals surface area contributed by atoms with Crippen LogP contribution in [0.15, 0.2) is 131 Å². The van der Waals surface area contributed by atoms with Gasteiger partial charge >= 0.3 is 5.63 Å². The highest BCUT2D eigenvalue weighted by Crippen LogP contribution is 2.25. The van der Waals surface area contributed by atoms with E-state index in [1.807, 2.05) is 48.5 Å². The van der Waals surface area contributed by atoms with Gasteiger partial charge in [0.05, 0.1) is 6.42 Å². The lowest BCUT2D eigenvalue weighted by molar-refractivity contribution is -0.143. The molecule has 20 nitrogen and oxygen atoms in total. The van der Waals surface area contributed by atoms with E-state index in [9.17, 15) is 38.7 Å². The van der Waals surface area contributed by atoms with Gasteiger partial charge in [0.25, 0.3) is 0 Å². The number of nitrogens with zero attached hydrogens (tertiary/aromatic N) is 1. The second-order valence-corrected chi connectivity index (χ2v) is 19.4. The molecule has 7 aromatic rings. The van der Waals surface area contributed by atoms with E-state index in [1.165, 1.54) is 29.2 Å². The molecule has 0 saturated carbocycles. The van der Waals surface area contributed by atoms with E-state index in [0.717, 1.165) is 21.8 Å². The fourth-order valence-corrected chi connectivity index (χ4v) is 10.1. The summed E-state index contributed by atoms with van der Waals surface area (Å²) in [5, 5.41) is 29.5. The number of nitrogens with two attached hydrogens (primary N) is 1. The van der Waals surface area contributed by atoms with Gasteiger partial charge in [-0.15, -0.1) is 0 Å². The highest BCUT2D eigenvalue weighted by atomic mass is 16.4. The quantitative estimate of drug-likeness (QED) is 0.0523. The van der Waals surface area contributed by atoms with Crippen LogP contribution in [0.25, 0.3) is 32.8 Å². The van der Waals surface area contributed by atoms with Crippen LogP contribution in [0.3, 0.4) is 0 Å². The molecular formula is C56H58N10O10. The van der Waals surface area contributed by atoms with Crippen molar-refractivity contribution in [2.45, 2.75) is 94.5 Å². The second kappa shape index (κ2) is 22.5. The Labute approximate surface area is 435 Å². The maximum atomic E-state index is 15.0. The molecule has 5 heterocycles. The Morgan fingerprint density at radius 2 is 1.33 bits per heavy atom. The summed E-state index contributed by atoms with van der Waals surface area (Å²) in [6, 6.07) is 20.0. The second-order valence-electron chi connectivity index (χ2n) is 19.4. The number of aryl methyl sites for hydroxylation is 1. The molecule has 76 heavy (non-hydrogen) atoms. The molecule has 4 aromatic carbocycles. The highest BCUT2D eigenvalue weighted by molar-refractivity contribution is 6.02. The van der Waals surface area contributed by atoms with Crippen LogP contribution in [0.5, 0.6) is 5.75 Å². The zero-order valence-electron chi connectivity index (χ0n) is 41.6. The fraction of sp³-hybridized carbons (Fsp3) is 0.286. The number of phenols is 1. The number of carbonyl (C=O) groups is 7. The number of H-pyrrole nitrogens is 2. The van der Waals surface area contributed by atoms with Crippen molar-refractivity contribution in [3.8, 4) is 5.75 Å². The largest absolute Gasteiger partial charge is 0.508 e. The van der Waals surface area contributed by atoms with Gasteiger partial charge in [0, 0.05) is 88.9 Å². The number of carbonyl (C=O) groups excluding carboxylic acids is 7. The maximum Gasteiger partial charge on any atom is 0.336 e. The van der Waals surface area contributed by atoms with E-state index < -0.39 is 89.6 Å². The number of nitrogens with one attached hydrogen (secondary N) is 8. The zero-order valence-corrected chi connectivity index (χ0v) is 41.6.